The SMILES string of the molecule is CCCCOc1ccc(/C=N/NC(=O)C2CC(c3ccc(OCc4ccc(C)cc4)cc3)NN2)cc1. The van der Waals surface area contributed by atoms with E-state index in [0.29, 0.717) is 13.0 Å². The molecule has 4 rings (SSSR count). The van der Waals surface area contributed by atoms with Crippen molar-refractivity contribution in [2.75, 3.05) is 6.61 Å². The van der Waals surface area contributed by atoms with E-state index in [2.05, 4.69) is 59.5 Å². The Labute approximate surface area is 212 Å². The van der Waals surface area contributed by atoms with Crippen molar-refractivity contribution in [3.8, 4) is 11.5 Å². The molecule has 0 aliphatic carbocycles. The lowest BCUT2D eigenvalue weighted by Gasteiger charge is -2.11. The minimum Gasteiger partial charge on any atom is -0.494 e. The van der Waals surface area contributed by atoms with Gasteiger partial charge in [-0.2, -0.15) is 5.10 Å². The number of aryl methyl sites for hydroxylation is 1. The van der Waals surface area contributed by atoms with Gasteiger partial charge in [-0.25, -0.2) is 16.3 Å². The number of carbonyl (C=O) groups excluding carboxylic acids is 1. The minimum atomic E-state index is -0.376. The van der Waals surface area contributed by atoms with Crippen LogP contribution >= 0.6 is 0 Å². The summed E-state index contributed by atoms with van der Waals surface area (Å²) in [5.74, 6) is 1.47. The maximum absolute atomic E-state index is 12.5. The Hall–Kier alpha value is -3.68. The molecule has 1 aliphatic heterocycles. The van der Waals surface area contributed by atoms with Crippen LogP contribution in [0.15, 0.2) is 77.9 Å². The molecule has 188 valence electrons. The van der Waals surface area contributed by atoms with Gasteiger partial charge < -0.3 is 9.47 Å². The molecule has 0 radical (unpaired) electrons. The normalized spacial score (nSPS) is 17.3. The highest BCUT2D eigenvalue weighted by molar-refractivity contribution is 5.85. The number of hydrogen-bond acceptors (Lipinski definition) is 6. The second-order valence-corrected chi connectivity index (χ2v) is 8.98. The fourth-order valence-corrected chi connectivity index (χ4v) is 3.83. The summed E-state index contributed by atoms with van der Waals surface area (Å²) in [6, 6.07) is 23.6. The molecule has 1 amide bonds. The van der Waals surface area contributed by atoms with Crippen LogP contribution in [0.1, 0.15) is 54.5 Å². The van der Waals surface area contributed by atoms with E-state index in [-0.39, 0.29) is 18.0 Å². The van der Waals surface area contributed by atoms with Crippen molar-refractivity contribution < 1.29 is 14.3 Å². The van der Waals surface area contributed by atoms with Crippen LogP contribution in [-0.4, -0.2) is 24.8 Å². The molecule has 3 aromatic rings. The molecule has 2 atom stereocenters. The Morgan fingerprint density at radius 3 is 2.39 bits per heavy atom. The van der Waals surface area contributed by atoms with Gasteiger partial charge in [0.15, 0.2) is 0 Å². The number of rotatable bonds is 11. The van der Waals surface area contributed by atoms with Crippen molar-refractivity contribution >= 4 is 12.1 Å². The van der Waals surface area contributed by atoms with Crippen molar-refractivity contribution in [3.05, 3.63) is 95.1 Å². The van der Waals surface area contributed by atoms with Gasteiger partial charge in [-0.15, -0.1) is 0 Å². The highest BCUT2D eigenvalue weighted by atomic mass is 16.5. The Balaban J connectivity index is 1.21. The molecule has 0 spiro atoms. The number of hydrogen-bond donors (Lipinski definition) is 3. The van der Waals surface area contributed by atoms with Crippen molar-refractivity contribution in [1.82, 2.24) is 16.3 Å². The molecule has 0 bridgehead atoms. The molecular weight excluding hydrogens is 452 g/mol. The Morgan fingerprint density at radius 1 is 0.972 bits per heavy atom. The largest absolute Gasteiger partial charge is 0.494 e. The number of hydrazone groups is 1. The lowest BCUT2D eigenvalue weighted by molar-refractivity contribution is -0.122. The van der Waals surface area contributed by atoms with Crippen molar-refractivity contribution in [2.24, 2.45) is 5.10 Å². The maximum Gasteiger partial charge on any atom is 0.258 e. The summed E-state index contributed by atoms with van der Waals surface area (Å²) in [4.78, 5) is 12.5. The van der Waals surface area contributed by atoms with Gasteiger partial charge in [0.05, 0.1) is 12.8 Å². The van der Waals surface area contributed by atoms with Gasteiger partial charge in [-0.1, -0.05) is 55.3 Å². The number of amides is 1. The van der Waals surface area contributed by atoms with Gasteiger partial charge >= 0.3 is 0 Å². The zero-order valence-corrected chi connectivity index (χ0v) is 20.9. The molecule has 0 aromatic heterocycles. The third-order valence-electron chi connectivity index (χ3n) is 6.06. The number of nitrogens with zero attached hydrogens (tertiary/aromatic N) is 1. The van der Waals surface area contributed by atoms with Gasteiger partial charge in [0.1, 0.15) is 24.1 Å². The van der Waals surface area contributed by atoms with E-state index >= 15 is 0 Å². The third-order valence-corrected chi connectivity index (χ3v) is 6.06. The van der Waals surface area contributed by atoms with Crippen molar-refractivity contribution in [1.29, 1.82) is 0 Å². The van der Waals surface area contributed by atoms with Gasteiger partial charge in [0, 0.05) is 6.04 Å². The van der Waals surface area contributed by atoms with E-state index in [4.69, 9.17) is 9.47 Å². The van der Waals surface area contributed by atoms with E-state index in [9.17, 15) is 4.79 Å². The van der Waals surface area contributed by atoms with Crippen LogP contribution in [0.5, 0.6) is 11.5 Å². The van der Waals surface area contributed by atoms with Crippen LogP contribution in [0.3, 0.4) is 0 Å². The predicted octanol–water partition coefficient (Wildman–Crippen LogP) is 4.81. The van der Waals surface area contributed by atoms with Crippen molar-refractivity contribution in [3.63, 3.8) is 0 Å². The summed E-state index contributed by atoms with van der Waals surface area (Å²) in [7, 11) is 0. The molecule has 1 heterocycles. The van der Waals surface area contributed by atoms with Crippen LogP contribution < -0.4 is 25.8 Å². The zero-order chi connectivity index (χ0) is 25.2. The average Bonchev–Trinajstić information content (AvgIpc) is 3.40. The van der Waals surface area contributed by atoms with E-state index in [0.717, 1.165) is 47.6 Å². The van der Waals surface area contributed by atoms with E-state index in [1.165, 1.54) is 5.56 Å². The van der Waals surface area contributed by atoms with Crippen LogP contribution in [0.4, 0.5) is 0 Å². The summed E-state index contributed by atoms with van der Waals surface area (Å²) in [5, 5.41) is 4.10. The summed E-state index contributed by atoms with van der Waals surface area (Å²) < 4.78 is 11.6. The first-order valence-electron chi connectivity index (χ1n) is 12.5. The van der Waals surface area contributed by atoms with E-state index in [1.807, 2.05) is 48.5 Å². The molecule has 7 nitrogen and oxygen atoms in total. The molecule has 36 heavy (non-hydrogen) atoms. The predicted molar refractivity (Wildman–Crippen MR) is 142 cm³/mol. The van der Waals surface area contributed by atoms with Gasteiger partial charge in [0.2, 0.25) is 0 Å². The van der Waals surface area contributed by atoms with Crippen molar-refractivity contribution in [2.45, 2.75) is 51.8 Å². The number of carbonyl (C=O) groups is 1. The second kappa shape index (κ2) is 12.9. The smallest absolute Gasteiger partial charge is 0.258 e. The number of unbranched alkanes of at least 4 members (excludes halogenated alkanes) is 1. The number of ether oxygens (including phenoxy) is 2. The maximum atomic E-state index is 12.5. The molecule has 2 unspecified atom stereocenters. The summed E-state index contributed by atoms with van der Waals surface area (Å²) in [6.45, 7) is 5.45. The van der Waals surface area contributed by atoms with E-state index in [1.54, 1.807) is 6.21 Å². The fourth-order valence-electron chi connectivity index (χ4n) is 3.83. The summed E-state index contributed by atoms with van der Waals surface area (Å²) >= 11 is 0. The van der Waals surface area contributed by atoms with Crippen LogP contribution in [0.25, 0.3) is 0 Å². The lowest BCUT2D eigenvalue weighted by atomic mass is 10.0. The van der Waals surface area contributed by atoms with Crippen LogP contribution in [0, 0.1) is 6.92 Å². The van der Waals surface area contributed by atoms with Gasteiger partial charge in [-0.05, 0) is 72.9 Å². The quantitative estimate of drug-likeness (QED) is 0.206. The van der Waals surface area contributed by atoms with Gasteiger partial charge in [0.25, 0.3) is 5.91 Å². The molecule has 1 saturated heterocycles. The number of hydrazine groups is 1. The molecule has 7 heteroatoms. The first-order valence-corrected chi connectivity index (χ1v) is 12.5. The molecule has 1 fully saturated rings. The first kappa shape index (κ1) is 25.4. The highest BCUT2D eigenvalue weighted by Gasteiger charge is 2.30. The number of nitrogens with one attached hydrogen (secondary N) is 3. The molecule has 0 saturated carbocycles. The fraction of sp³-hybridized carbons (Fsp3) is 0.310. The highest BCUT2D eigenvalue weighted by Crippen LogP contribution is 2.25. The minimum absolute atomic E-state index is 0.0242. The average molecular weight is 487 g/mol. The topological polar surface area (TPSA) is 84.0 Å². The zero-order valence-electron chi connectivity index (χ0n) is 20.9. The second-order valence-electron chi connectivity index (χ2n) is 8.98. The molecular formula is C29H34N4O3. The standard InChI is InChI=1S/C29H34N4O3/c1-3-4-17-35-25-13-9-22(10-14-25)19-30-33-29(34)28-18-27(31-32-28)24-11-15-26(16-12-24)36-20-23-7-5-21(2)6-8-23/h5-16,19,27-28,31-32H,3-4,17-18,20H2,1-2H3,(H,33,34)/b30-19+. The Kier molecular flexibility index (Phi) is 9.08. The van der Waals surface area contributed by atoms with E-state index < -0.39 is 0 Å². The molecule has 3 N–H and O–H groups in total. The van der Waals surface area contributed by atoms with Crippen LogP contribution in [0.2, 0.25) is 0 Å². The third kappa shape index (κ3) is 7.41. The lowest BCUT2D eigenvalue weighted by Crippen LogP contribution is -2.41. The van der Waals surface area contributed by atoms with Crippen LogP contribution in [-0.2, 0) is 11.4 Å². The Morgan fingerprint density at radius 2 is 1.67 bits per heavy atom. The number of benzene rings is 3. The monoisotopic (exact) mass is 486 g/mol. The van der Waals surface area contributed by atoms with Gasteiger partial charge in [-0.3, -0.25) is 4.79 Å². The molecule has 3 aromatic carbocycles. The summed E-state index contributed by atoms with van der Waals surface area (Å²) in [6.07, 6.45) is 4.39. The first-order chi connectivity index (χ1) is 17.6. The molecule has 1 aliphatic rings. The Bertz CT molecular complexity index is 1130. The summed E-state index contributed by atoms with van der Waals surface area (Å²) in [5.41, 5.74) is 13.2.